The van der Waals surface area contributed by atoms with Crippen LogP contribution in [0.4, 0.5) is 11.4 Å². The van der Waals surface area contributed by atoms with Gasteiger partial charge in [0, 0.05) is 29.8 Å². The fourth-order valence-electron chi connectivity index (χ4n) is 2.70. The maximum absolute atomic E-state index is 12.1. The second-order valence-corrected chi connectivity index (χ2v) is 5.78. The van der Waals surface area contributed by atoms with Gasteiger partial charge in [-0.25, -0.2) is 0 Å². The Morgan fingerprint density at radius 3 is 2.29 bits per heavy atom. The standard InChI is InChI=1S/C16H23N3O2/c1-2-14(20)18-12-6-5-7-13(10-12)19-15(21)11-16(17)8-3-4-9-16/h5-7,10H,2-4,8-9,11,17H2,1H3,(H,18,20)(H,19,21). The first-order chi connectivity index (χ1) is 10.0. The number of carbonyl (C=O) groups is 2. The van der Waals surface area contributed by atoms with Crippen molar-refractivity contribution in [2.75, 3.05) is 10.6 Å². The van der Waals surface area contributed by atoms with Gasteiger partial charge in [-0.05, 0) is 31.0 Å². The van der Waals surface area contributed by atoms with Gasteiger partial charge in [-0.15, -0.1) is 0 Å². The van der Waals surface area contributed by atoms with Gasteiger partial charge in [-0.3, -0.25) is 9.59 Å². The molecule has 0 radical (unpaired) electrons. The Morgan fingerprint density at radius 1 is 1.14 bits per heavy atom. The smallest absolute Gasteiger partial charge is 0.226 e. The molecule has 2 rings (SSSR count). The Balaban J connectivity index is 1.94. The summed E-state index contributed by atoms with van der Waals surface area (Å²) in [4.78, 5) is 23.5. The van der Waals surface area contributed by atoms with Gasteiger partial charge >= 0.3 is 0 Å². The first kappa shape index (κ1) is 15.5. The van der Waals surface area contributed by atoms with Gasteiger partial charge in [0.1, 0.15) is 0 Å². The summed E-state index contributed by atoms with van der Waals surface area (Å²) < 4.78 is 0. The van der Waals surface area contributed by atoms with Crippen molar-refractivity contribution in [3.63, 3.8) is 0 Å². The van der Waals surface area contributed by atoms with E-state index < -0.39 is 0 Å². The molecule has 4 N–H and O–H groups in total. The highest BCUT2D eigenvalue weighted by Gasteiger charge is 2.31. The van der Waals surface area contributed by atoms with Crippen molar-refractivity contribution in [3.05, 3.63) is 24.3 Å². The highest BCUT2D eigenvalue weighted by atomic mass is 16.2. The molecule has 1 aliphatic carbocycles. The van der Waals surface area contributed by atoms with Crippen molar-refractivity contribution in [3.8, 4) is 0 Å². The molecule has 0 bridgehead atoms. The molecular formula is C16H23N3O2. The largest absolute Gasteiger partial charge is 0.326 e. The molecule has 1 saturated carbocycles. The molecule has 5 nitrogen and oxygen atoms in total. The van der Waals surface area contributed by atoms with E-state index in [0.29, 0.717) is 24.2 Å². The second-order valence-electron chi connectivity index (χ2n) is 5.78. The van der Waals surface area contributed by atoms with Crippen LogP contribution in [-0.2, 0) is 9.59 Å². The lowest BCUT2D eigenvalue weighted by Gasteiger charge is -2.22. The number of anilines is 2. The van der Waals surface area contributed by atoms with Crippen LogP contribution in [0.5, 0.6) is 0 Å². The van der Waals surface area contributed by atoms with E-state index in [1.165, 1.54) is 0 Å². The zero-order valence-electron chi connectivity index (χ0n) is 12.4. The van der Waals surface area contributed by atoms with E-state index in [-0.39, 0.29) is 17.4 Å². The summed E-state index contributed by atoms with van der Waals surface area (Å²) in [5.41, 5.74) is 7.22. The minimum atomic E-state index is -0.349. The van der Waals surface area contributed by atoms with Crippen LogP contribution in [0.3, 0.4) is 0 Å². The third-order valence-electron chi connectivity index (χ3n) is 3.86. The molecule has 0 saturated heterocycles. The van der Waals surface area contributed by atoms with E-state index in [1.54, 1.807) is 31.2 Å². The van der Waals surface area contributed by atoms with E-state index >= 15 is 0 Å². The summed E-state index contributed by atoms with van der Waals surface area (Å²) in [6.45, 7) is 1.79. The Hall–Kier alpha value is -1.88. The minimum Gasteiger partial charge on any atom is -0.326 e. The number of nitrogens with two attached hydrogens (primary N) is 1. The van der Waals surface area contributed by atoms with Crippen LogP contribution in [-0.4, -0.2) is 17.4 Å². The van der Waals surface area contributed by atoms with Crippen LogP contribution < -0.4 is 16.4 Å². The predicted molar refractivity (Wildman–Crippen MR) is 84.0 cm³/mol. The van der Waals surface area contributed by atoms with Gasteiger partial charge in [0.05, 0.1) is 0 Å². The molecule has 1 fully saturated rings. The Bertz CT molecular complexity index is 522. The number of benzene rings is 1. The van der Waals surface area contributed by atoms with Gasteiger partial charge in [0.2, 0.25) is 11.8 Å². The van der Waals surface area contributed by atoms with E-state index in [9.17, 15) is 9.59 Å². The van der Waals surface area contributed by atoms with Crippen LogP contribution in [0.25, 0.3) is 0 Å². The third kappa shape index (κ3) is 4.56. The molecule has 0 unspecified atom stereocenters. The number of nitrogens with one attached hydrogen (secondary N) is 2. The SMILES string of the molecule is CCC(=O)Nc1cccc(NC(=O)CC2(N)CCCC2)c1. The maximum Gasteiger partial charge on any atom is 0.226 e. The summed E-state index contributed by atoms with van der Waals surface area (Å²) in [5.74, 6) is -0.122. The Kier molecular flexibility index (Phi) is 4.96. The summed E-state index contributed by atoms with van der Waals surface area (Å²) in [6.07, 6.45) is 4.79. The van der Waals surface area contributed by atoms with Crippen LogP contribution >= 0.6 is 0 Å². The first-order valence-electron chi connectivity index (χ1n) is 7.49. The van der Waals surface area contributed by atoms with Crippen LogP contribution in [0.1, 0.15) is 45.4 Å². The number of amides is 2. The number of hydrogen-bond donors (Lipinski definition) is 3. The molecule has 5 heteroatoms. The average Bonchev–Trinajstić information content (AvgIpc) is 2.85. The minimum absolute atomic E-state index is 0.0506. The van der Waals surface area contributed by atoms with E-state index in [0.717, 1.165) is 25.7 Å². The Morgan fingerprint density at radius 2 is 1.71 bits per heavy atom. The first-order valence-corrected chi connectivity index (χ1v) is 7.49. The van der Waals surface area contributed by atoms with Gasteiger partial charge in [-0.2, -0.15) is 0 Å². The lowest BCUT2D eigenvalue weighted by molar-refractivity contribution is -0.117. The topological polar surface area (TPSA) is 84.2 Å². The van der Waals surface area contributed by atoms with Gasteiger partial charge in [0.15, 0.2) is 0 Å². The summed E-state index contributed by atoms with van der Waals surface area (Å²) in [7, 11) is 0. The molecule has 0 aliphatic heterocycles. The van der Waals surface area contributed by atoms with Gasteiger partial charge in [0.25, 0.3) is 0 Å². The van der Waals surface area contributed by atoms with Crippen LogP contribution in [0, 0.1) is 0 Å². The van der Waals surface area contributed by atoms with Gasteiger partial charge in [-0.1, -0.05) is 25.8 Å². The molecule has 2 amide bonds. The predicted octanol–water partition coefficient (Wildman–Crippen LogP) is 2.64. The lowest BCUT2D eigenvalue weighted by atomic mass is 9.94. The summed E-state index contributed by atoms with van der Waals surface area (Å²) in [5, 5.41) is 5.63. The fourth-order valence-corrected chi connectivity index (χ4v) is 2.70. The molecule has 1 aliphatic rings. The van der Waals surface area contributed by atoms with Crippen molar-refractivity contribution in [1.29, 1.82) is 0 Å². The van der Waals surface area contributed by atoms with E-state index in [1.807, 2.05) is 0 Å². The quantitative estimate of drug-likeness (QED) is 0.779. The molecule has 114 valence electrons. The van der Waals surface area contributed by atoms with Crippen molar-refractivity contribution < 1.29 is 9.59 Å². The molecular weight excluding hydrogens is 266 g/mol. The Labute approximate surface area is 125 Å². The van der Waals surface area contributed by atoms with Crippen molar-refractivity contribution in [1.82, 2.24) is 0 Å². The zero-order valence-corrected chi connectivity index (χ0v) is 12.4. The van der Waals surface area contributed by atoms with Crippen LogP contribution in [0.15, 0.2) is 24.3 Å². The van der Waals surface area contributed by atoms with Crippen molar-refractivity contribution in [2.45, 2.75) is 51.0 Å². The fraction of sp³-hybridized carbons (Fsp3) is 0.500. The zero-order chi connectivity index (χ0) is 15.3. The summed E-state index contributed by atoms with van der Waals surface area (Å²) in [6, 6.07) is 7.15. The second kappa shape index (κ2) is 6.72. The molecule has 1 aromatic rings. The molecule has 21 heavy (non-hydrogen) atoms. The summed E-state index contributed by atoms with van der Waals surface area (Å²) >= 11 is 0. The van der Waals surface area contributed by atoms with Crippen molar-refractivity contribution >= 4 is 23.2 Å². The van der Waals surface area contributed by atoms with E-state index in [2.05, 4.69) is 10.6 Å². The molecule has 0 spiro atoms. The maximum atomic E-state index is 12.1. The third-order valence-corrected chi connectivity index (χ3v) is 3.86. The molecule has 1 aromatic carbocycles. The normalized spacial score (nSPS) is 16.5. The number of carbonyl (C=O) groups excluding carboxylic acids is 2. The highest BCUT2D eigenvalue weighted by molar-refractivity contribution is 5.94. The number of rotatable bonds is 5. The lowest BCUT2D eigenvalue weighted by Crippen LogP contribution is -2.40. The molecule has 0 atom stereocenters. The monoisotopic (exact) mass is 289 g/mol. The molecule has 0 aromatic heterocycles. The van der Waals surface area contributed by atoms with Gasteiger partial charge < -0.3 is 16.4 Å². The van der Waals surface area contributed by atoms with Crippen LogP contribution in [0.2, 0.25) is 0 Å². The molecule has 0 heterocycles. The average molecular weight is 289 g/mol. The highest BCUT2D eigenvalue weighted by Crippen LogP contribution is 2.30. The van der Waals surface area contributed by atoms with E-state index in [4.69, 9.17) is 5.73 Å². The number of hydrogen-bond acceptors (Lipinski definition) is 3. The van der Waals surface area contributed by atoms with Crippen molar-refractivity contribution in [2.24, 2.45) is 5.73 Å².